The zero-order valence-corrected chi connectivity index (χ0v) is 13.7. The number of amides is 1. The Hall–Kier alpha value is -0.400. The summed E-state index contributed by atoms with van der Waals surface area (Å²) in [6.07, 6.45) is 1.60. The first kappa shape index (κ1) is 20.9. The van der Waals surface area contributed by atoms with Crippen molar-refractivity contribution in [2.24, 2.45) is 0 Å². The van der Waals surface area contributed by atoms with Crippen LogP contribution in [0.15, 0.2) is 22.8 Å². The zero-order chi connectivity index (χ0) is 12.5. The Morgan fingerprint density at radius 1 is 1.32 bits per heavy atom. The maximum Gasteiger partial charge on any atom is 0.269 e. The van der Waals surface area contributed by atoms with Crippen molar-refractivity contribution in [3.8, 4) is 0 Å². The van der Waals surface area contributed by atoms with Gasteiger partial charge in [-0.15, -0.1) is 24.8 Å². The van der Waals surface area contributed by atoms with Gasteiger partial charge in [0.05, 0.1) is 6.61 Å². The van der Waals surface area contributed by atoms with Crippen LogP contribution in [0.2, 0.25) is 0 Å². The number of hydrogen-bond donors (Lipinski definition) is 2. The Morgan fingerprint density at radius 3 is 2.63 bits per heavy atom. The van der Waals surface area contributed by atoms with Crippen molar-refractivity contribution in [2.75, 3.05) is 33.4 Å². The van der Waals surface area contributed by atoms with Gasteiger partial charge in [0, 0.05) is 37.4 Å². The predicted molar refractivity (Wildman–Crippen MR) is 83.5 cm³/mol. The molecule has 5 nitrogen and oxygen atoms in total. The summed E-state index contributed by atoms with van der Waals surface area (Å²) < 4.78 is 5.74. The van der Waals surface area contributed by atoms with Gasteiger partial charge in [0.15, 0.2) is 0 Å². The summed E-state index contributed by atoms with van der Waals surface area (Å²) in [6.45, 7) is 2.73. The molecule has 0 aliphatic rings. The lowest BCUT2D eigenvalue weighted by Gasteiger charge is -2.06. The number of nitrogens with zero attached hydrogens (tertiary/aromatic N) is 1. The van der Waals surface area contributed by atoms with Crippen LogP contribution in [0, 0.1) is 0 Å². The van der Waals surface area contributed by atoms with Gasteiger partial charge >= 0.3 is 0 Å². The van der Waals surface area contributed by atoms with Gasteiger partial charge in [0.2, 0.25) is 0 Å². The van der Waals surface area contributed by atoms with Gasteiger partial charge in [-0.1, -0.05) is 0 Å². The second kappa shape index (κ2) is 12.6. The van der Waals surface area contributed by atoms with Crippen LogP contribution in [-0.4, -0.2) is 44.2 Å². The van der Waals surface area contributed by atoms with E-state index < -0.39 is 0 Å². The highest BCUT2D eigenvalue weighted by molar-refractivity contribution is 9.10. The van der Waals surface area contributed by atoms with Gasteiger partial charge in [0.1, 0.15) is 5.69 Å². The van der Waals surface area contributed by atoms with Crippen molar-refractivity contribution >= 4 is 46.7 Å². The summed E-state index contributed by atoms with van der Waals surface area (Å²) in [7, 11) is 1.66. The summed E-state index contributed by atoms with van der Waals surface area (Å²) in [5, 5.41) is 5.91. The minimum atomic E-state index is -0.161. The lowest BCUT2D eigenvalue weighted by atomic mass is 10.3. The Balaban J connectivity index is 0. The van der Waals surface area contributed by atoms with Crippen LogP contribution in [0.5, 0.6) is 0 Å². The average molecular weight is 375 g/mol. The number of ether oxygens (including phenoxy) is 1. The number of methoxy groups -OCH3 is 1. The molecule has 1 rings (SSSR count). The minimum Gasteiger partial charge on any atom is -0.383 e. The summed E-state index contributed by atoms with van der Waals surface area (Å²) in [6, 6.07) is 3.47. The second-order valence-corrected chi connectivity index (χ2v) is 4.28. The van der Waals surface area contributed by atoms with E-state index in [0.29, 0.717) is 25.4 Å². The van der Waals surface area contributed by atoms with Crippen molar-refractivity contribution in [3.63, 3.8) is 0 Å². The second-order valence-electron chi connectivity index (χ2n) is 3.36. The summed E-state index contributed by atoms with van der Waals surface area (Å²) in [5.41, 5.74) is 0.421. The number of rotatable bonds is 7. The zero-order valence-electron chi connectivity index (χ0n) is 10.5. The SMILES string of the molecule is COCCNCCNC(=O)c1ccc(Br)cn1.Cl.Cl. The van der Waals surface area contributed by atoms with Gasteiger partial charge in [-0.3, -0.25) is 4.79 Å². The normalized spacial score (nSPS) is 9.16. The maximum atomic E-state index is 11.6. The molecule has 1 heterocycles. The lowest BCUT2D eigenvalue weighted by molar-refractivity contribution is 0.0948. The van der Waals surface area contributed by atoms with E-state index in [9.17, 15) is 4.79 Å². The molecule has 0 bridgehead atoms. The van der Waals surface area contributed by atoms with Crippen LogP contribution in [-0.2, 0) is 4.74 Å². The van der Waals surface area contributed by atoms with Crippen molar-refractivity contribution in [3.05, 3.63) is 28.5 Å². The summed E-state index contributed by atoms with van der Waals surface area (Å²) in [4.78, 5) is 15.6. The minimum absolute atomic E-state index is 0. The van der Waals surface area contributed by atoms with E-state index in [0.717, 1.165) is 11.0 Å². The molecule has 19 heavy (non-hydrogen) atoms. The van der Waals surface area contributed by atoms with E-state index >= 15 is 0 Å². The Bertz CT molecular complexity index is 352. The third kappa shape index (κ3) is 9.18. The van der Waals surface area contributed by atoms with Crippen molar-refractivity contribution in [1.82, 2.24) is 15.6 Å². The summed E-state index contributed by atoms with van der Waals surface area (Å²) >= 11 is 3.27. The highest BCUT2D eigenvalue weighted by atomic mass is 79.9. The molecule has 2 N–H and O–H groups in total. The quantitative estimate of drug-likeness (QED) is 0.712. The Kier molecular flexibility index (Phi) is 13.9. The lowest BCUT2D eigenvalue weighted by Crippen LogP contribution is -2.33. The van der Waals surface area contributed by atoms with Crippen LogP contribution in [0.25, 0.3) is 0 Å². The van der Waals surface area contributed by atoms with E-state index in [-0.39, 0.29) is 30.7 Å². The number of pyridine rings is 1. The van der Waals surface area contributed by atoms with E-state index in [1.807, 2.05) is 0 Å². The molecule has 0 spiro atoms. The fraction of sp³-hybridized carbons (Fsp3) is 0.455. The molecule has 0 unspecified atom stereocenters. The van der Waals surface area contributed by atoms with Crippen LogP contribution in [0.3, 0.4) is 0 Å². The Labute approximate surface area is 133 Å². The van der Waals surface area contributed by atoms with Gasteiger partial charge in [-0.2, -0.15) is 0 Å². The Morgan fingerprint density at radius 2 is 2.05 bits per heavy atom. The largest absolute Gasteiger partial charge is 0.383 e. The predicted octanol–water partition coefficient (Wildman–Crippen LogP) is 1.65. The topological polar surface area (TPSA) is 63.2 Å². The molecule has 0 saturated carbocycles. The number of hydrogen-bond acceptors (Lipinski definition) is 4. The van der Waals surface area contributed by atoms with Gasteiger partial charge < -0.3 is 15.4 Å². The fourth-order valence-corrected chi connectivity index (χ4v) is 1.40. The highest BCUT2D eigenvalue weighted by Gasteiger charge is 2.05. The molecule has 0 aliphatic heterocycles. The van der Waals surface area contributed by atoms with Crippen LogP contribution >= 0.6 is 40.7 Å². The first-order valence-electron chi connectivity index (χ1n) is 5.33. The first-order valence-corrected chi connectivity index (χ1v) is 6.12. The molecule has 1 amide bonds. The monoisotopic (exact) mass is 373 g/mol. The molecule has 0 atom stereocenters. The number of aromatic nitrogens is 1. The standard InChI is InChI=1S/C11H16BrN3O2.2ClH/c1-17-7-6-13-4-5-14-11(16)10-3-2-9(12)8-15-10;;/h2-3,8,13H,4-7H2,1H3,(H,14,16);2*1H. The van der Waals surface area contributed by atoms with E-state index in [1.54, 1.807) is 25.4 Å². The van der Waals surface area contributed by atoms with Crippen LogP contribution < -0.4 is 10.6 Å². The van der Waals surface area contributed by atoms with Crippen molar-refractivity contribution in [1.29, 1.82) is 0 Å². The van der Waals surface area contributed by atoms with Crippen LogP contribution in [0.1, 0.15) is 10.5 Å². The molecular weight excluding hydrogens is 357 g/mol. The first-order chi connectivity index (χ1) is 8.24. The third-order valence-corrected chi connectivity index (χ3v) is 2.50. The summed E-state index contributed by atoms with van der Waals surface area (Å²) in [5.74, 6) is -0.161. The molecule has 1 aromatic rings. The molecule has 8 heteroatoms. The van der Waals surface area contributed by atoms with Gasteiger partial charge in [0.25, 0.3) is 5.91 Å². The molecule has 0 saturated heterocycles. The molecule has 0 aromatic carbocycles. The molecule has 0 radical (unpaired) electrons. The molecule has 0 fully saturated rings. The van der Waals surface area contributed by atoms with Gasteiger partial charge in [-0.05, 0) is 28.1 Å². The van der Waals surface area contributed by atoms with Gasteiger partial charge in [-0.25, -0.2) is 4.98 Å². The number of carbonyl (C=O) groups is 1. The van der Waals surface area contributed by atoms with E-state index in [2.05, 4.69) is 31.5 Å². The molecule has 0 aliphatic carbocycles. The highest BCUT2D eigenvalue weighted by Crippen LogP contribution is 2.06. The smallest absolute Gasteiger partial charge is 0.269 e. The van der Waals surface area contributed by atoms with E-state index in [4.69, 9.17) is 4.74 Å². The molecular formula is C11H18BrCl2N3O2. The van der Waals surface area contributed by atoms with E-state index in [1.165, 1.54) is 0 Å². The molecule has 110 valence electrons. The number of halogens is 3. The van der Waals surface area contributed by atoms with Crippen molar-refractivity contribution < 1.29 is 9.53 Å². The van der Waals surface area contributed by atoms with Crippen LogP contribution in [0.4, 0.5) is 0 Å². The third-order valence-electron chi connectivity index (χ3n) is 2.03. The maximum absolute atomic E-state index is 11.6. The molecule has 1 aromatic heterocycles. The number of carbonyl (C=O) groups excluding carboxylic acids is 1. The fourth-order valence-electron chi connectivity index (χ4n) is 1.16. The number of nitrogens with one attached hydrogen (secondary N) is 2. The average Bonchev–Trinajstić information content (AvgIpc) is 2.34. The van der Waals surface area contributed by atoms with Crippen molar-refractivity contribution in [2.45, 2.75) is 0 Å².